The Morgan fingerprint density at radius 1 is 0.962 bits per heavy atom. The molecule has 1 amide bonds. The molecule has 0 aliphatic rings. The SMILES string of the molecule is Cc1ccccc1CNC(=O)c1cnc(NCc2ccccc2Cl)cn1. The van der Waals surface area contributed by atoms with E-state index in [-0.39, 0.29) is 11.6 Å². The summed E-state index contributed by atoms with van der Waals surface area (Å²) in [6, 6.07) is 15.5. The second-order valence-electron chi connectivity index (χ2n) is 5.84. The van der Waals surface area contributed by atoms with Crippen LogP contribution < -0.4 is 10.6 Å². The van der Waals surface area contributed by atoms with E-state index in [1.165, 1.54) is 6.20 Å². The van der Waals surface area contributed by atoms with Gasteiger partial charge >= 0.3 is 0 Å². The van der Waals surface area contributed by atoms with E-state index in [1.54, 1.807) is 6.20 Å². The zero-order valence-electron chi connectivity index (χ0n) is 14.4. The summed E-state index contributed by atoms with van der Waals surface area (Å²) in [7, 11) is 0. The Balaban J connectivity index is 1.56. The molecule has 26 heavy (non-hydrogen) atoms. The summed E-state index contributed by atoms with van der Waals surface area (Å²) in [6.45, 7) is 3.01. The quantitative estimate of drug-likeness (QED) is 0.692. The van der Waals surface area contributed by atoms with Gasteiger partial charge in [-0.25, -0.2) is 9.97 Å². The largest absolute Gasteiger partial charge is 0.365 e. The maximum Gasteiger partial charge on any atom is 0.271 e. The molecule has 0 aliphatic carbocycles. The maximum atomic E-state index is 12.2. The summed E-state index contributed by atoms with van der Waals surface area (Å²) < 4.78 is 0. The van der Waals surface area contributed by atoms with Gasteiger partial charge in [0.05, 0.1) is 12.4 Å². The van der Waals surface area contributed by atoms with Gasteiger partial charge in [0.1, 0.15) is 11.5 Å². The molecule has 132 valence electrons. The van der Waals surface area contributed by atoms with E-state index in [1.807, 2.05) is 55.5 Å². The lowest BCUT2D eigenvalue weighted by Crippen LogP contribution is -2.24. The van der Waals surface area contributed by atoms with Crippen LogP contribution >= 0.6 is 11.6 Å². The molecule has 0 saturated heterocycles. The fourth-order valence-corrected chi connectivity index (χ4v) is 2.64. The number of nitrogens with zero attached hydrogens (tertiary/aromatic N) is 2. The van der Waals surface area contributed by atoms with Crippen molar-refractivity contribution < 1.29 is 4.79 Å². The molecule has 0 saturated carbocycles. The third-order valence-corrected chi connectivity index (χ3v) is 4.37. The van der Waals surface area contributed by atoms with Crippen LogP contribution in [0.3, 0.4) is 0 Å². The first kappa shape index (κ1) is 17.9. The fourth-order valence-electron chi connectivity index (χ4n) is 2.44. The molecule has 0 radical (unpaired) electrons. The first-order chi connectivity index (χ1) is 12.6. The van der Waals surface area contributed by atoms with Crippen LogP contribution in [0.1, 0.15) is 27.2 Å². The van der Waals surface area contributed by atoms with E-state index in [2.05, 4.69) is 20.6 Å². The molecule has 2 aromatic carbocycles. The van der Waals surface area contributed by atoms with Gasteiger partial charge in [-0.05, 0) is 29.7 Å². The van der Waals surface area contributed by atoms with Crippen LogP contribution in [-0.4, -0.2) is 15.9 Å². The van der Waals surface area contributed by atoms with Crippen molar-refractivity contribution in [2.75, 3.05) is 5.32 Å². The highest BCUT2D eigenvalue weighted by Gasteiger charge is 2.08. The van der Waals surface area contributed by atoms with E-state index < -0.39 is 0 Å². The minimum Gasteiger partial charge on any atom is -0.365 e. The molecule has 0 spiro atoms. The zero-order valence-corrected chi connectivity index (χ0v) is 15.1. The zero-order chi connectivity index (χ0) is 18.4. The Kier molecular flexibility index (Phi) is 5.81. The fraction of sp³-hybridized carbons (Fsp3) is 0.150. The number of aromatic nitrogens is 2. The third-order valence-electron chi connectivity index (χ3n) is 4.00. The standard InChI is InChI=1S/C20H19ClN4O/c1-14-6-2-3-7-15(14)10-25-20(26)18-12-24-19(13-22-18)23-11-16-8-4-5-9-17(16)21/h2-9,12-13H,10-11H2,1H3,(H,23,24)(H,25,26). The Morgan fingerprint density at radius 3 is 2.38 bits per heavy atom. The van der Waals surface area contributed by atoms with Crippen molar-refractivity contribution in [1.82, 2.24) is 15.3 Å². The van der Waals surface area contributed by atoms with Crippen LogP contribution in [0.15, 0.2) is 60.9 Å². The number of hydrogen-bond acceptors (Lipinski definition) is 4. The predicted molar refractivity (Wildman–Crippen MR) is 103 cm³/mol. The highest BCUT2D eigenvalue weighted by atomic mass is 35.5. The molecule has 1 heterocycles. The van der Waals surface area contributed by atoms with Crippen LogP contribution in [0.4, 0.5) is 5.82 Å². The second-order valence-corrected chi connectivity index (χ2v) is 6.25. The summed E-state index contributed by atoms with van der Waals surface area (Å²) in [5.41, 5.74) is 3.46. The first-order valence-electron chi connectivity index (χ1n) is 8.25. The predicted octanol–water partition coefficient (Wildman–Crippen LogP) is 3.98. The molecule has 2 N–H and O–H groups in total. The lowest BCUT2D eigenvalue weighted by Gasteiger charge is -2.09. The van der Waals surface area contributed by atoms with Crippen molar-refractivity contribution in [3.05, 3.63) is 88.3 Å². The van der Waals surface area contributed by atoms with E-state index in [9.17, 15) is 4.79 Å². The monoisotopic (exact) mass is 366 g/mol. The van der Waals surface area contributed by atoms with Crippen molar-refractivity contribution in [3.8, 4) is 0 Å². The summed E-state index contributed by atoms with van der Waals surface area (Å²) >= 11 is 6.12. The summed E-state index contributed by atoms with van der Waals surface area (Å²) in [5, 5.41) is 6.70. The smallest absolute Gasteiger partial charge is 0.271 e. The normalized spacial score (nSPS) is 10.4. The molecular weight excluding hydrogens is 348 g/mol. The Labute approximate surface area is 157 Å². The van der Waals surface area contributed by atoms with Gasteiger partial charge in [-0.1, -0.05) is 54.1 Å². The summed E-state index contributed by atoms with van der Waals surface area (Å²) in [5.74, 6) is 0.332. The van der Waals surface area contributed by atoms with Crippen molar-refractivity contribution >= 4 is 23.3 Å². The number of carbonyl (C=O) groups excluding carboxylic acids is 1. The van der Waals surface area contributed by atoms with Gasteiger partial charge in [0.25, 0.3) is 5.91 Å². The van der Waals surface area contributed by atoms with Gasteiger partial charge in [-0.2, -0.15) is 0 Å². The highest BCUT2D eigenvalue weighted by Crippen LogP contribution is 2.16. The third kappa shape index (κ3) is 4.58. The van der Waals surface area contributed by atoms with E-state index >= 15 is 0 Å². The Morgan fingerprint density at radius 2 is 1.69 bits per heavy atom. The van der Waals surface area contributed by atoms with E-state index in [0.29, 0.717) is 23.9 Å². The van der Waals surface area contributed by atoms with E-state index in [0.717, 1.165) is 16.7 Å². The summed E-state index contributed by atoms with van der Waals surface area (Å²) in [6.07, 6.45) is 3.00. The van der Waals surface area contributed by atoms with Crippen LogP contribution in [0.25, 0.3) is 0 Å². The molecule has 0 aliphatic heterocycles. The molecule has 3 rings (SSSR count). The van der Waals surface area contributed by atoms with Gasteiger partial charge in [0.2, 0.25) is 0 Å². The van der Waals surface area contributed by atoms with E-state index in [4.69, 9.17) is 11.6 Å². The number of amides is 1. The molecule has 1 aromatic heterocycles. The van der Waals surface area contributed by atoms with Crippen molar-refractivity contribution in [3.63, 3.8) is 0 Å². The minimum atomic E-state index is -0.251. The van der Waals surface area contributed by atoms with Crippen molar-refractivity contribution in [1.29, 1.82) is 0 Å². The number of halogens is 1. The van der Waals surface area contributed by atoms with Crippen LogP contribution in [0.5, 0.6) is 0 Å². The second kappa shape index (κ2) is 8.45. The average molecular weight is 367 g/mol. The molecule has 5 nitrogen and oxygen atoms in total. The number of anilines is 1. The number of rotatable bonds is 6. The Hall–Kier alpha value is -2.92. The first-order valence-corrected chi connectivity index (χ1v) is 8.63. The van der Waals surface area contributed by atoms with Gasteiger partial charge in [-0.15, -0.1) is 0 Å². The number of nitrogens with one attached hydrogen (secondary N) is 2. The molecule has 0 bridgehead atoms. The van der Waals surface area contributed by atoms with Crippen LogP contribution in [0.2, 0.25) is 5.02 Å². The topological polar surface area (TPSA) is 66.9 Å². The molecule has 0 atom stereocenters. The number of aryl methyl sites for hydroxylation is 1. The minimum absolute atomic E-state index is 0.251. The van der Waals surface area contributed by atoms with Gasteiger partial charge in [0, 0.05) is 18.1 Å². The maximum absolute atomic E-state index is 12.2. The van der Waals surface area contributed by atoms with Crippen molar-refractivity contribution in [2.45, 2.75) is 20.0 Å². The van der Waals surface area contributed by atoms with Gasteiger partial charge < -0.3 is 10.6 Å². The molecule has 6 heteroatoms. The van der Waals surface area contributed by atoms with Gasteiger partial charge in [-0.3, -0.25) is 4.79 Å². The molecular formula is C20H19ClN4O. The molecule has 0 fully saturated rings. The van der Waals surface area contributed by atoms with Crippen LogP contribution in [0, 0.1) is 6.92 Å². The highest BCUT2D eigenvalue weighted by molar-refractivity contribution is 6.31. The van der Waals surface area contributed by atoms with Crippen LogP contribution in [-0.2, 0) is 13.1 Å². The molecule has 3 aromatic rings. The Bertz CT molecular complexity index is 896. The number of carbonyl (C=O) groups is 1. The van der Waals surface area contributed by atoms with Crippen molar-refractivity contribution in [2.24, 2.45) is 0 Å². The van der Waals surface area contributed by atoms with Gasteiger partial charge in [0.15, 0.2) is 0 Å². The number of hydrogen-bond donors (Lipinski definition) is 2. The number of benzene rings is 2. The average Bonchev–Trinajstić information content (AvgIpc) is 2.67. The summed E-state index contributed by atoms with van der Waals surface area (Å²) in [4.78, 5) is 20.6. The molecule has 0 unspecified atom stereocenters. The lowest BCUT2D eigenvalue weighted by molar-refractivity contribution is 0.0945. The lowest BCUT2D eigenvalue weighted by atomic mass is 10.1.